The Hall–Kier alpha value is -2.43. The van der Waals surface area contributed by atoms with E-state index in [1.54, 1.807) is 6.33 Å². The molecule has 0 bridgehead atoms. The van der Waals surface area contributed by atoms with Crippen LogP contribution in [0.15, 0.2) is 42.9 Å². The zero-order valence-electron chi connectivity index (χ0n) is 12.0. The van der Waals surface area contributed by atoms with Crippen molar-refractivity contribution in [1.29, 1.82) is 0 Å². The predicted molar refractivity (Wildman–Crippen MR) is 79.4 cm³/mol. The van der Waals surface area contributed by atoms with Gasteiger partial charge in [-0.3, -0.25) is 0 Å². The van der Waals surface area contributed by atoms with E-state index in [4.69, 9.17) is 0 Å². The normalized spacial score (nSPS) is 14.5. The van der Waals surface area contributed by atoms with Crippen LogP contribution in [0.4, 0.5) is 0 Å². The zero-order chi connectivity index (χ0) is 14.2. The predicted octanol–water partition coefficient (Wildman–Crippen LogP) is 2.70. The van der Waals surface area contributed by atoms with E-state index < -0.39 is 0 Å². The summed E-state index contributed by atoms with van der Waals surface area (Å²) < 4.78 is 3.77. The number of rotatable bonds is 4. The van der Waals surface area contributed by atoms with Gasteiger partial charge in [0.2, 0.25) is 0 Å². The van der Waals surface area contributed by atoms with Crippen LogP contribution in [0.25, 0.3) is 5.69 Å². The van der Waals surface area contributed by atoms with E-state index in [0.29, 0.717) is 12.5 Å². The van der Waals surface area contributed by atoms with Gasteiger partial charge in [-0.15, -0.1) is 0 Å². The molecule has 0 N–H and O–H groups in total. The Labute approximate surface area is 123 Å². The SMILES string of the molecule is Cc1ccc(-n2ccc(Cn3cnc(C4CC4)n3)n2)cc1. The Bertz CT molecular complexity index is 749. The average molecular weight is 279 g/mol. The third-order valence-corrected chi connectivity index (χ3v) is 3.76. The first kappa shape index (κ1) is 12.3. The first-order valence-electron chi connectivity index (χ1n) is 7.29. The van der Waals surface area contributed by atoms with E-state index in [0.717, 1.165) is 17.2 Å². The van der Waals surface area contributed by atoms with Gasteiger partial charge in [0.25, 0.3) is 0 Å². The largest absolute Gasteiger partial charge is 0.247 e. The molecular formula is C16H17N5. The highest BCUT2D eigenvalue weighted by Crippen LogP contribution is 2.37. The topological polar surface area (TPSA) is 48.5 Å². The second-order valence-corrected chi connectivity index (χ2v) is 5.66. The number of hydrogen-bond acceptors (Lipinski definition) is 3. The van der Waals surface area contributed by atoms with Gasteiger partial charge in [0, 0.05) is 12.1 Å². The second kappa shape index (κ2) is 4.84. The van der Waals surface area contributed by atoms with Crippen molar-refractivity contribution in [3.05, 3.63) is 59.9 Å². The molecule has 0 saturated heterocycles. The maximum atomic E-state index is 4.60. The van der Waals surface area contributed by atoms with Gasteiger partial charge < -0.3 is 0 Å². The van der Waals surface area contributed by atoms with Crippen LogP contribution in [0.5, 0.6) is 0 Å². The van der Waals surface area contributed by atoms with Gasteiger partial charge in [-0.05, 0) is 38.0 Å². The average Bonchev–Trinajstić information content (AvgIpc) is 3.06. The van der Waals surface area contributed by atoms with E-state index in [-0.39, 0.29) is 0 Å². The van der Waals surface area contributed by atoms with Gasteiger partial charge in [0.1, 0.15) is 6.33 Å². The fourth-order valence-corrected chi connectivity index (χ4v) is 2.37. The van der Waals surface area contributed by atoms with Crippen LogP contribution in [0.1, 0.15) is 35.8 Å². The summed E-state index contributed by atoms with van der Waals surface area (Å²) in [6, 6.07) is 10.4. The molecule has 3 aromatic rings. The molecule has 5 nitrogen and oxygen atoms in total. The fraction of sp³-hybridized carbons (Fsp3) is 0.312. The summed E-state index contributed by atoms with van der Waals surface area (Å²) in [5, 5.41) is 9.12. The van der Waals surface area contributed by atoms with Crippen molar-refractivity contribution in [3.8, 4) is 5.69 Å². The molecule has 106 valence electrons. The van der Waals surface area contributed by atoms with Gasteiger partial charge in [0.05, 0.1) is 17.9 Å². The van der Waals surface area contributed by atoms with E-state index in [1.807, 2.05) is 21.6 Å². The van der Waals surface area contributed by atoms with Gasteiger partial charge in [-0.1, -0.05) is 17.7 Å². The minimum atomic E-state index is 0.594. The monoisotopic (exact) mass is 279 g/mol. The standard InChI is InChI=1S/C16H17N5/c1-12-2-6-15(7-3-12)21-9-8-14(18-21)10-20-11-17-16(19-20)13-4-5-13/h2-3,6-9,11,13H,4-5,10H2,1H3. The van der Waals surface area contributed by atoms with Crippen LogP contribution < -0.4 is 0 Å². The Morgan fingerprint density at radius 1 is 1.10 bits per heavy atom. The van der Waals surface area contributed by atoms with E-state index in [2.05, 4.69) is 46.4 Å². The molecule has 2 aromatic heterocycles. The number of benzene rings is 1. The molecule has 0 unspecified atom stereocenters. The maximum absolute atomic E-state index is 4.60. The molecule has 4 rings (SSSR count). The van der Waals surface area contributed by atoms with Gasteiger partial charge >= 0.3 is 0 Å². The lowest BCUT2D eigenvalue weighted by atomic mass is 10.2. The molecule has 0 aliphatic heterocycles. The summed E-state index contributed by atoms with van der Waals surface area (Å²) in [6.45, 7) is 2.75. The lowest BCUT2D eigenvalue weighted by Gasteiger charge is -2.01. The number of nitrogens with zero attached hydrogens (tertiary/aromatic N) is 5. The van der Waals surface area contributed by atoms with Crippen LogP contribution in [0.3, 0.4) is 0 Å². The molecule has 0 spiro atoms. The zero-order valence-corrected chi connectivity index (χ0v) is 12.0. The van der Waals surface area contributed by atoms with Crippen molar-refractivity contribution in [2.45, 2.75) is 32.2 Å². The highest BCUT2D eigenvalue weighted by Gasteiger charge is 2.27. The van der Waals surface area contributed by atoms with Crippen molar-refractivity contribution in [2.75, 3.05) is 0 Å². The van der Waals surface area contributed by atoms with Crippen molar-refractivity contribution in [2.24, 2.45) is 0 Å². The van der Waals surface area contributed by atoms with Crippen LogP contribution in [0.2, 0.25) is 0 Å². The molecule has 1 aliphatic rings. The van der Waals surface area contributed by atoms with E-state index in [1.165, 1.54) is 18.4 Å². The van der Waals surface area contributed by atoms with Gasteiger partial charge in [0.15, 0.2) is 5.82 Å². The Kier molecular flexibility index (Phi) is 2.84. The smallest absolute Gasteiger partial charge is 0.153 e. The highest BCUT2D eigenvalue weighted by atomic mass is 15.3. The maximum Gasteiger partial charge on any atom is 0.153 e. The minimum absolute atomic E-state index is 0.594. The van der Waals surface area contributed by atoms with Crippen LogP contribution in [-0.2, 0) is 6.54 Å². The van der Waals surface area contributed by atoms with Gasteiger partial charge in [-0.25, -0.2) is 14.3 Å². The van der Waals surface area contributed by atoms with E-state index in [9.17, 15) is 0 Å². The van der Waals surface area contributed by atoms with Crippen molar-refractivity contribution < 1.29 is 0 Å². The molecule has 1 aromatic carbocycles. The number of aromatic nitrogens is 5. The summed E-state index contributed by atoms with van der Waals surface area (Å²) in [7, 11) is 0. The third-order valence-electron chi connectivity index (χ3n) is 3.76. The molecule has 1 fully saturated rings. The van der Waals surface area contributed by atoms with E-state index >= 15 is 0 Å². The Morgan fingerprint density at radius 3 is 2.67 bits per heavy atom. The van der Waals surface area contributed by atoms with Gasteiger partial charge in [-0.2, -0.15) is 10.2 Å². The second-order valence-electron chi connectivity index (χ2n) is 5.66. The highest BCUT2D eigenvalue weighted by molar-refractivity contribution is 5.33. The third kappa shape index (κ3) is 2.59. The lowest BCUT2D eigenvalue weighted by Crippen LogP contribution is -2.03. The lowest BCUT2D eigenvalue weighted by molar-refractivity contribution is 0.651. The first-order valence-corrected chi connectivity index (χ1v) is 7.29. The summed E-state index contributed by atoms with van der Waals surface area (Å²) in [4.78, 5) is 4.37. The molecule has 5 heteroatoms. The molecule has 0 amide bonds. The number of aryl methyl sites for hydroxylation is 1. The number of hydrogen-bond donors (Lipinski definition) is 0. The molecular weight excluding hydrogens is 262 g/mol. The van der Waals surface area contributed by atoms with Crippen molar-refractivity contribution in [3.63, 3.8) is 0 Å². The molecule has 21 heavy (non-hydrogen) atoms. The van der Waals surface area contributed by atoms with Crippen LogP contribution in [-0.4, -0.2) is 24.5 Å². The van der Waals surface area contributed by atoms with Crippen LogP contribution in [0, 0.1) is 6.92 Å². The first-order chi connectivity index (χ1) is 10.3. The minimum Gasteiger partial charge on any atom is -0.247 e. The Balaban J connectivity index is 1.52. The van der Waals surface area contributed by atoms with Crippen molar-refractivity contribution >= 4 is 0 Å². The summed E-state index contributed by atoms with van der Waals surface area (Å²) in [5.74, 6) is 1.57. The quantitative estimate of drug-likeness (QED) is 0.737. The molecule has 0 atom stereocenters. The molecule has 0 radical (unpaired) electrons. The summed E-state index contributed by atoms with van der Waals surface area (Å²) >= 11 is 0. The Morgan fingerprint density at radius 2 is 1.90 bits per heavy atom. The summed E-state index contributed by atoms with van der Waals surface area (Å²) in [5.41, 5.74) is 3.31. The van der Waals surface area contributed by atoms with Crippen LogP contribution >= 0.6 is 0 Å². The molecule has 2 heterocycles. The van der Waals surface area contributed by atoms with Crippen molar-refractivity contribution in [1.82, 2.24) is 24.5 Å². The fourth-order valence-electron chi connectivity index (χ4n) is 2.37. The molecule has 1 aliphatic carbocycles. The molecule has 1 saturated carbocycles. The summed E-state index contributed by atoms with van der Waals surface area (Å²) in [6.07, 6.45) is 6.25.